The molecule has 26 heavy (non-hydrogen) atoms. The van der Waals surface area contributed by atoms with Crippen LogP contribution in [0.2, 0.25) is 10.0 Å². The third kappa shape index (κ3) is 3.60. The van der Waals surface area contributed by atoms with E-state index >= 15 is 0 Å². The van der Waals surface area contributed by atoms with Gasteiger partial charge in [-0.15, -0.1) is 0 Å². The van der Waals surface area contributed by atoms with Gasteiger partial charge in [-0.3, -0.25) is 0 Å². The van der Waals surface area contributed by atoms with Crippen LogP contribution in [0.4, 0.5) is 32.2 Å². The maximum atomic E-state index is 12.7. The SMILES string of the molecule is [15N]#[13C]c1nn(-c2c(Cl)cc(C(F)(F)F)cc2Cl)[13c]([15NH2])c1S(=O)C(F)(F)F. The summed E-state index contributed by atoms with van der Waals surface area (Å²) in [6, 6.07) is 2.19. The third-order valence-electron chi connectivity index (χ3n) is 2.93. The summed E-state index contributed by atoms with van der Waals surface area (Å²) in [5, 5.41) is 11.1. The molecule has 0 fully saturated rings. The summed E-state index contributed by atoms with van der Waals surface area (Å²) in [4.78, 5) is -1.15. The molecule has 0 aliphatic rings. The number of rotatable bonds is 2. The zero-order valence-electron chi connectivity index (χ0n) is 11.9. The molecule has 14 heteroatoms. The van der Waals surface area contributed by atoms with Crippen molar-refractivity contribution in [2.24, 2.45) is 0 Å². The summed E-state index contributed by atoms with van der Waals surface area (Å²) in [6.07, 6.45) is -4.79. The van der Waals surface area contributed by atoms with Gasteiger partial charge in [-0.1, -0.05) is 23.2 Å². The minimum atomic E-state index is -5.25. The Kier molecular flexibility index (Phi) is 5.19. The van der Waals surface area contributed by atoms with Crippen LogP contribution >= 0.6 is 23.2 Å². The van der Waals surface area contributed by atoms with Crippen molar-refractivity contribution in [2.45, 2.75) is 16.6 Å². The van der Waals surface area contributed by atoms with E-state index in [0.29, 0.717) is 16.8 Å². The number of nitriles is 1. The number of anilines is 1. The van der Waals surface area contributed by atoms with Crippen molar-refractivity contribution < 1.29 is 30.6 Å². The summed E-state index contributed by atoms with van der Waals surface area (Å²) < 4.78 is 88.4. The van der Waals surface area contributed by atoms with Crippen molar-refractivity contribution >= 4 is 39.8 Å². The average Bonchev–Trinajstić information content (AvgIpc) is 2.80. The highest BCUT2D eigenvalue weighted by Crippen LogP contribution is 2.40. The molecular weight excluding hydrogens is 437 g/mol. The van der Waals surface area contributed by atoms with Crippen molar-refractivity contribution in [3.8, 4) is 11.8 Å². The molecule has 0 saturated carbocycles. The van der Waals surface area contributed by atoms with Crippen LogP contribution in [0.1, 0.15) is 11.3 Å². The number of nitrogens with zero attached hydrogens (tertiary/aromatic N) is 3. The predicted octanol–water partition coefficient (Wildman–Crippen LogP) is 4.28. The lowest BCUT2D eigenvalue weighted by Gasteiger charge is -2.13. The number of halogens is 8. The lowest BCUT2D eigenvalue weighted by molar-refractivity contribution is -0.137. The molecule has 0 amide bonds. The smallest absolute Gasteiger partial charge is 0.383 e. The molecule has 140 valence electrons. The van der Waals surface area contributed by atoms with Crippen LogP contribution in [0.5, 0.6) is 0 Å². The molecule has 0 aliphatic carbocycles. The number of nitrogens with two attached hydrogens (primary N) is 1. The van der Waals surface area contributed by atoms with Crippen molar-refractivity contribution in [3.63, 3.8) is 0 Å². The maximum absolute atomic E-state index is 12.7. The quantitative estimate of drug-likeness (QED) is 0.429. The largest absolute Gasteiger partial charge is 0.476 e. The summed E-state index contributed by atoms with van der Waals surface area (Å²) >= 11 is 11.5. The topological polar surface area (TPSA) is 84.7 Å². The van der Waals surface area contributed by atoms with E-state index in [2.05, 4.69) is 5.10 Å². The van der Waals surface area contributed by atoms with Crippen LogP contribution in [0.15, 0.2) is 17.0 Å². The lowest BCUT2D eigenvalue weighted by atomic mass is 10.2. The van der Waals surface area contributed by atoms with Gasteiger partial charge in [0.1, 0.15) is 22.5 Å². The summed E-state index contributed by atoms with van der Waals surface area (Å²) in [7, 11) is -3.71. The first kappa shape index (κ1) is 20.3. The molecule has 2 rings (SSSR count). The van der Waals surface area contributed by atoms with Gasteiger partial charge < -0.3 is 5.73 Å². The fourth-order valence-electron chi connectivity index (χ4n) is 1.89. The van der Waals surface area contributed by atoms with Crippen LogP contribution in [0.25, 0.3) is 5.69 Å². The number of hydrogen-bond acceptors (Lipinski definition) is 4. The highest BCUT2D eigenvalue weighted by molar-refractivity contribution is 7.86. The molecule has 2 N–H and O–H groups in total. The molecule has 0 spiro atoms. The van der Waals surface area contributed by atoms with E-state index in [9.17, 15) is 30.6 Å². The van der Waals surface area contributed by atoms with Crippen molar-refractivity contribution in [1.82, 2.24) is 9.78 Å². The van der Waals surface area contributed by atoms with Gasteiger partial charge in [0.25, 0.3) is 0 Å². The zero-order valence-corrected chi connectivity index (χ0v) is 14.2. The summed E-state index contributed by atoms with van der Waals surface area (Å²) in [6.45, 7) is 0. The van der Waals surface area contributed by atoms with Gasteiger partial charge in [0.15, 0.2) is 16.5 Å². The van der Waals surface area contributed by atoms with Crippen LogP contribution in [0, 0.1) is 11.3 Å². The van der Waals surface area contributed by atoms with Crippen LogP contribution in [-0.4, -0.2) is 19.5 Å². The fraction of sp³-hybridized carbons (Fsp3) is 0.167. The highest BCUT2D eigenvalue weighted by atomic mass is 35.5. The van der Waals surface area contributed by atoms with Gasteiger partial charge >= 0.3 is 11.7 Å². The Morgan fingerprint density at radius 1 is 1.15 bits per heavy atom. The second kappa shape index (κ2) is 6.64. The first-order valence-corrected chi connectivity index (χ1v) is 8.03. The molecule has 0 aliphatic heterocycles. The van der Waals surface area contributed by atoms with Crippen molar-refractivity contribution in [2.75, 3.05) is 5.73 Å². The molecule has 1 unspecified atom stereocenters. The number of nitrogen functional groups attached to an aromatic ring is 1. The van der Waals surface area contributed by atoms with E-state index in [4.69, 9.17) is 34.2 Å². The Labute approximate surface area is 153 Å². The minimum absolute atomic E-state index is 0.433. The van der Waals surface area contributed by atoms with Gasteiger partial charge in [-0.25, -0.2) is 8.89 Å². The van der Waals surface area contributed by atoms with Crippen LogP contribution in [0.3, 0.4) is 0 Å². The Hall–Kier alpha value is -1.97. The Morgan fingerprint density at radius 2 is 1.65 bits per heavy atom. The van der Waals surface area contributed by atoms with Gasteiger partial charge in [0.05, 0.1) is 15.6 Å². The second-order valence-electron chi connectivity index (χ2n) is 4.59. The van der Waals surface area contributed by atoms with Crippen molar-refractivity contribution in [1.29, 1.82) is 5.26 Å². The molecule has 1 aromatic heterocycles. The normalized spacial score (nSPS) is 13.5. The third-order valence-corrected chi connectivity index (χ3v) is 4.70. The molecule has 0 saturated heterocycles. The van der Waals surface area contributed by atoms with E-state index in [1.54, 1.807) is 0 Å². The zero-order chi connectivity index (χ0) is 20.0. The van der Waals surface area contributed by atoms with E-state index < -0.39 is 60.2 Å². The fourth-order valence-corrected chi connectivity index (χ4v) is 3.31. The number of hydrogen-bond donors (Lipinski definition) is 1. The molecule has 2 aromatic rings. The second-order valence-corrected chi connectivity index (χ2v) is 6.81. The van der Waals surface area contributed by atoms with E-state index in [-0.39, 0.29) is 0 Å². The summed E-state index contributed by atoms with van der Waals surface area (Å²) in [5.74, 6) is -0.902. The van der Waals surface area contributed by atoms with Crippen LogP contribution < -0.4 is 5.73 Å². The first-order chi connectivity index (χ1) is 11.8. The average molecular weight is 441 g/mol. The predicted molar refractivity (Wildman–Crippen MR) is 80.2 cm³/mol. The summed E-state index contributed by atoms with van der Waals surface area (Å²) in [5.41, 5.74) is -2.42. The van der Waals surface area contributed by atoms with Crippen molar-refractivity contribution in [3.05, 3.63) is 33.4 Å². The van der Waals surface area contributed by atoms with Gasteiger partial charge in [0, 0.05) is 0 Å². The number of aromatic nitrogens is 2. The standard InChI is InChI=1S/C12H4Cl2F6N4OS/c13-5-1-4(11(15,16)17)2-6(14)8(5)24-10(22)9(7(3-21)23-24)26(25)12(18,19)20/h1-2H,22H2/i3+1,10+1,21+1,22+1. The molecule has 1 atom stereocenters. The Balaban J connectivity index is 2.75. The van der Waals surface area contributed by atoms with Gasteiger partial charge in [-0.05, 0) is 12.1 Å². The number of alkyl halides is 6. The number of benzene rings is 1. The monoisotopic (exact) mass is 440 g/mol. The first-order valence-electron chi connectivity index (χ1n) is 6.12. The Bertz CT molecular complexity index is 924. The minimum Gasteiger partial charge on any atom is -0.383 e. The van der Waals surface area contributed by atoms with E-state index in [0.717, 1.165) is 0 Å². The van der Waals surface area contributed by atoms with Gasteiger partial charge in [-0.2, -0.15) is 36.7 Å². The molecular formula is C12H4Cl2F6N4OS. The Morgan fingerprint density at radius 3 is 2.04 bits per heavy atom. The molecule has 0 bridgehead atoms. The molecule has 5 nitrogen and oxygen atoms in total. The molecule has 1 aromatic carbocycles. The van der Waals surface area contributed by atoms with E-state index in [1.165, 1.54) is 6.07 Å². The lowest BCUT2D eigenvalue weighted by Crippen LogP contribution is -2.18. The maximum Gasteiger partial charge on any atom is 0.476 e. The molecule has 0 radical (unpaired) electrons. The van der Waals surface area contributed by atoms with Gasteiger partial charge in [0.2, 0.25) is 0 Å². The van der Waals surface area contributed by atoms with E-state index in [1.807, 2.05) is 0 Å². The molecule has 1 heterocycles. The van der Waals surface area contributed by atoms with Crippen LogP contribution in [-0.2, 0) is 17.0 Å². The highest BCUT2D eigenvalue weighted by Gasteiger charge is 2.42.